The fourth-order valence-corrected chi connectivity index (χ4v) is 2.63. The highest BCUT2D eigenvalue weighted by Crippen LogP contribution is 2.21. The molecule has 2 aromatic carbocycles. The second kappa shape index (κ2) is 5.96. The number of aryl methyl sites for hydroxylation is 1. The summed E-state index contributed by atoms with van der Waals surface area (Å²) in [5.74, 6) is 0.0991. The summed E-state index contributed by atoms with van der Waals surface area (Å²) in [6.45, 7) is 3.14. The second-order valence-corrected chi connectivity index (χ2v) is 5.35. The fourth-order valence-electron chi connectivity index (χ4n) is 2.63. The SMILES string of the molecule is CCCCn1ccc(C(=O)c2cccc3ccccc23)c1. The number of aromatic nitrogens is 1. The molecule has 0 aliphatic carbocycles. The molecular formula is C19H19NO. The first-order valence-electron chi connectivity index (χ1n) is 7.48. The van der Waals surface area contributed by atoms with Crippen molar-refractivity contribution in [1.29, 1.82) is 0 Å². The van der Waals surface area contributed by atoms with E-state index in [9.17, 15) is 4.79 Å². The van der Waals surface area contributed by atoms with Crippen LogP contribution in [-0.4, -0.2) is 10.4 Å². The minimum atomic E-state index is 0.0991. The number of benzene rings is 2. The Hall–Kier alpha value is -2.35. The van der Waals surface area contributed by atoms with Gasteiger partial charge in [-0.2, -0.15) is 0 Å². The van der Waals surface area contributed by atoms with Crippen LogP contribution in [0.2, 0.25) is 0 Å². The number of fused-ring (bicyclic) bond motifs is 1. The number of carbonyl (C=O) groups excluding carboxylic acids is 1. The van der Waals surface area contributed by atoms with Gasteiger partial charge in [0, 0.05) is 30.1 Å². The quantitative estimate of drug-likeness (QED) is 0.621. The van der Waals surface area contributed by atoms with Crippen LogP contribution >= 0.6 is 0 Å². The van der Waals surface area contributed by atoms with Gasteiger partial charge in [0.25, 0.3) is 0 Å². The van der Waals surface area contributed by atoms with E-state index in [0.717, 1.165) is 41.3 Å². The highest BCUT2D eigenvalue weighted by Gasteiger charge is 2.13. The highest BCUT2D eigenvalue weighted by molar-refractivity contribution is 6.16. The summed E-state index contributed by atoms with van der Waals surface area (Å²) < 4.78 is 2.10. The van der Waals surface area contributed by atoms with Crippen LogP contribution in [0.5, 0.6) is 0 Å². The molecule has 0 aliphatic heterocycles. The van der Waals surface area contributed by atoms with Gasteiger partial charge in [-0.1, -0.05) is 55.8 Å². The van der Waals surface area contributed by atoms with Crippen LogP contribution in [0.3, 0.4) is 0 Å². The molecule has 0 atom stereocenters. The molecule has 0 saturated heterocycles. The van der Waals surface area contributed by atoms with E-state index in [0.29, 0.717) is 0 Å². The Balaban J connectivity index is 1.95. The maximum absolute atomic E-state index is 12.7. The lowest BCUT2D eigenvalue weighted by Gasteiger charge is -2.04. The van der Waals surface area contributed by atoms with Gasteiger partial charge in [0.15, 0.2) is 5.78 Å². The molecule has 0 N–H and O–H groups in total. The van der Waals surface area contributed by atoms with Crippen molar-refractivity contribution in [3.05, 3.63) is 72.1 Å². The number of unbranched alkanes of at least 4 members (excludes halogenated alkanes) is 1. The Morgan fingerprint density at radius 3 is 2.71 bits per heavy atom. The molecule has 3 rings (SSSR count). The maximum Gasteiger partial charge on any atom is 0.195 e. The molecule has 1 aromatic heterocycles. The minimum absolute atomic E-state index is 0.0991. The molecule has 0 bridgehead atoms. The van der Waals surface area contributed by atoms with Crippen molar-refractivity contribution in [3.8, 4) is 0 Å². The van der Waals surface area contributed by atoms with Crippen LogP contribution in [0.4, 0.5) is 0 Å². The molecule has 3 aromatic rings. The number of rotatable bonds is 5. The summed E-state index contributed by atoms with van der Waals surface area (Å²) in [7, 11) is 0. The molecule has 0 unspecified atom stereocenters. The van der Waals surface area contributed by atoms with E-state index < -0.39 is 0 Å². The third-order valence-corrected chi connectivity index (χ3v) is 3.82. The Kier molecular flexibility index (Phi) is 3.87. The van der Waals surface area contributed by atoms with Gasteiger partial charge in [0.05, 0.1) is 0 Å². The first-order valence-corrected chi connectivity index (χ1v) is 7.48. The number of nitrogens with zero attached hydrogens (tertiary/aromatic N) is 1. The molecule has 0 saturated carbocycles. The smallest absolute Gasteiger partial charge is 0.195 e. The van der Waals surface area contributed by atoms with Gasteiger partial charge in [-0.25, -0.2) is 0 Å². The van der Waals surface area contributed by atoms with Crippen LogP contribution in [0, 0.1) is 0 Å². The van der Waals surface area contributed by atoms with E-state index in [1.54, 1.807) is 0 Å². The van der Waals surface area contributed by atoms with Gasteiger partial charge in [0.2, 0.25) is 0 Å². The number of carbonyl (C=O) groups is 1. The van der Waals surface area contributed by atoms with Crippen LogP contribution in [-0.2, 0) is 6.54 Å². The van der Waals surface area contributed by atoms with Gasteiger partial charge in [0.1, 0.15) is 0 Å². The Morgan fingerprint density at radius 1 is 1.05 bits per heavy atom. The molecule has 0 spiro atoms. The summed E-state index contributed by atoms with van der Waals surface area (Å²) in [6, 6.07) is 15.8. The molecule has 2 heteroatoms. The van der Waals surface area contributed by atoms with E-state index in [4.69, 9.17) is 0 Å². The van der Waals surface area contributed by atoms with Crippen molar-refractivity contribution in [2.75, 3.05) is 0 Å². The monoisotopic (exact) mass is 277 g/mol. The molecule has 0 aliphatic rings. The second-order valence-electron chi connectivity index (χ2n) is 5.35. The van der Waals surface area contributed by atoms with Crippen LogP contribution in [0.15, 0.2) is 60.9 Å². The third-order valence-electron chi connectivity index (χ3n) is 3.82. The molecule has 0 amide bonds. The standard InChI is InChI=1S/C19H19NO/c1-2-3-12-20-13-11-16(14-20)19(21)18-10-6-8-15-7-4-5-9-17(15)18/h4-11,13-14H,2-3,12H2,1H3. The first kappa shape index (κ1) is 13.6. The zero-order valence-corrected chi connectivity index (χ0v) is 12.3. The van der Waals surface area contributed by atoms with E-state index in [-0.39, 0.29) is 5.78 Å². The Bertz CT molecular complexity index is 765. The molecule has 0 fully saturated rings. The van der Waals surface area contributed by atoms with Crippen molar-refractivity contribution in [2.45, 2.75) is 26.3 Å². The highest BCUT2D eigenvalue weighted by atomic mass is 16.1. The predicted octanol–water partition coefficient (Wildman–Crippen LogP) is 4.67. The molecule has 0 radical (unpaired) electrons. The lowest BCUT2D eigenvalue weighted by Crippen LogP contribution is -2.01. The van der Waals surface area contributed by atoms with Gasteiger partial charge in [-0.3, -0.25) is 4.79 Å². The average Bonchev–Trinajstić information content (AvgIpc) is 3.00. The van der Waals surface area contributed by atoms with E-state index in [2.05, 4.69) is 11.5 Å². The fraction of sp³-hybridized carbons (Fsp3) is 0.211. The molecule has 106 valence electrons. The molecule has 2 nitrogen and oxygen atoms in total. The predicted molar refractivity (Wildman–Crippen MR) is 86.7 cm³/mol. The lowest BCUT2D eigenvalue weighted by molar-refractivity contribution is 0.104. The Morgan fingerprint density at radius 2 is 1.86 bits per heavy atom. The van der Waals surface area contributed by atoms with Gasteiger partial charge in [-0.15, -0.1) is 0 Å². The van der Waals surface area contributed by atoms with E-state index in [1.807, 2.05) is 60.9 Å². The summed E-state index contributed by atoms with van der Waals surface area (Å²) >= 11 is 0. The van der Waals surface area contributed by atoms with Gasteiger partial charge in [-0.05, 0) is 23.3 Å². The summed E-state index contributed by atoms with van der Waals surface area (Å²) in [5.41, 5.74) is 1.55. The number of ketones is 1. The molecule has 21 heavy (non-hydrogen) atoms. The third kappa shape index (κ3) is 2.75. The van der Waals surface area contributed by atoms with Crippen molar-refractivity contribution in [3.63, 3.8) is 0 Å². The summed E-state index contributed by atoms with van der Waals surface area (Å²) in [4.78, 5) is 12.7. The average molecular weight is 277 g/mol. The Labute approximate surface area is 125 Å². The van der Waals surface area contributed by atoms with Gasteiger partial charge < -0.3 is 4.57 Å². The first-order chi connectivity index (χ1) is 10.3. The normalized spacial score (nSPS) is 10.9. The van der Waals surface area contributed by atoms with Crippen molar-refractivity contribution in [1.82, 2.24) is 4.57 Å². The molecule has 1 heterocycles. The van der Waals surface area contributed by atoms with E-state index in [1.165, 1.54) is 0 Å². The minimum Gasteiger partial charge on any atom is -0.353 e. The summed E-state index contributed by atoms with van der Waals surface area (Å²) in [6.07, 6.45) is 6.25. The van der Waals surface area contributed by atoms with Crippen LogP contribution in [0.1, 0.15) is 35.7 Å². The maximum atomic E-state index is 12.7. The molecular weight excluding hydrogens is 258 g/mol. The summed E-state index contributed by atoms with van der Waals surface area (Å²) in [5, 5.41) is 2.13. The van der Waals surface area contributed by atoms with E-state index >= 15 is 0 Å². The van der Waals surface area contributed by atoms with Crippen molar-refractivity contribution in [2.24, 2.45) is 0 Å². The largest absolute Gasteiger partial charge is 0.353 e. The zero-order chi connectivity index (χ0) is 14.7. The van der Waals surface area contributed by atoms with Crippen molar-refractivity contribution < 1.29 is 4.79 Å². The van der Waals surface area contributed by atoms with Crippen molar-refractivity contribution >= 4 is 16.6 Å². The zero-order valence-electron chi connectivity index (χ0n) is 12.3. The lowest BCUT2D eigenvalue weighted by atomic mass is 9.99. The van der Waals surface area contributed by atoms with Gasteiger partial charge >= 0.3 is 0 Å². The topological polar surface area (TPSA) is 22.0 Å². The van der Waals surface area contributed by atoms with Crippen LogP contribution in [0.25, 0.3) is 10.8 Å². The number of hydrogen-bond acceptors (Lipinski definition) is 1. The van der Waals surface area contributed by atoms with Crippen LogP contribution < -0.4 is 0 Å². The number of hydrogen-bond donors (Lipinski definition) is 0.